The zero-order chi connectivity index (χ0) is 13.9. The second-order valence-corrected chi connectivity index (χ2v) is 5.75. The number of benzene rings is 1. The third-order valence-electron chi connectivity index (χ3n) is 2.95. The van der Waals surface area contributed by atoms with Crippen molar-refractivity contribution >= 4 is 11.8 Å². The third kappa shape index (κ3) is 3.52. The molecule has 1 aromatic heterocycles. The van der Waals surface area contributed by atoms with Crippen LogP contribution in [0, 0.1) is 11.6 Å². The first kappa shape index (κ1) is 13.5. The standard InChI is InChI=1S/C14H13F2N3S/c15-12-4-3-11(5-13(12)16)20-14-18-7-9(8-19-14)6-17-10-1-2-10/h3-5,7-8,10,17H,1-2,6H2. The fourth-order valence-corrected chi connectivity index (χ4v) is 2.40. The van der Waals surface area contributed by atoms with Crippen LogP contribution in [0.3, 0.4) is 0 Å². The molecule has 1 fully saturated rings. The predicted molar refractivity (Wildman–Crippen MR) is 72.4 cm³/mol. The molecule has 0 saturated heterocycles. The first-order valence-electron chi connectivity index (χ1n) is 6.38. The van der Waals surface area contributed by atoms with Crippen molar-refractivity contribution in [3.05, 3.63) is 47.8 Å². The summed E-state index contributed by atoms with van der Waals surface area (Å²) in [5, 5.41) is 3.90. The molecule has 0 amide bonds. The van der Waals surface area contributed by atoms with Crippen LogP contribution in [0.15, 0.2) is 40.6 Å². The zero-order valence-electron chi connectivity index (χ0n) is 10.6. The van der Waals surface area contributed by atoms with Gasteiger partial charge in [-0.1, -0.05) is 0 Å². The average molecular weight is 293 g/mol. The van der Waals surface area contributed by atoms with Gasteiger partial charge in [0.2, 0.25) is 0 Å². The van der Waals surface area contributed by atoms with E-state index in [-0.39, 0.29) is 0 Å². The van der Waals surface area contributed by atoms with Crippen LogP contribution in [0.4, 0.5) is 8.78 Å². The lowest BCUT2D eigenvalue weighted by molar-refractivity contribution is 0.506. The molecule has 0 bridgehead atoms. The average Bonchev–Trinajstić information content (AvgIpc) is 3.26. The SMILES string of the molecule is Fc1ccc(Sc2ncc(CNC3CC3)cn2)cc1F. The second-order valence-electron chi connectivity index (χ2n) is 4.71. The molecule has 1 saturated carbocycles. The molecule has 1 aliphatic carbocycles. The highest BCUT2D eigenvalue weighted by atomic mass is 32.2. The Labute approximate surface area is 119 Å². The van der Waals surface area contributed by atoms with Crippen molar-refractivity contribution in [2.45, 2.75) is 35.5 Å². The quantitative estimate of drug-likeness (QED) is 0.859. The molecular weight excluding hydrogens is 280 g/mol. The summed E-state index contributed by atoms with van der Waals surface area (Å²) in [4.78, 5) is 9.02. The summed E-state index contributed by atoms with van der Waals surface area (Å²) in [5.41, 5.74) is 1.02. The fourth-order valence-electron chi connectivity index (χ4n) is 1.68. The lowest BCUT2D eigenvalue weighted by atomic mass is 10.3. The van der Waals surface area contributed by atoms with E-state index in [4.69, 9.17) is 0 Å². The van der Waals surface area contributed by atoms with Crippen LogP contribution in [-0.2, 0) is 6.54 Å². The summed E-state index contributed by atoms with van der Waals surface area (Å²) < 4.78 is 25.9. The lowest BCUT2D eigenvalue weighted by Crippen LogP contribution is -2.15. The minimum atomic E-state index is -0.861. The van der Waals surface area contributed by atoms with Gasteiger partial charge in [0.15, 0.2) is 16.8 Å². The molecule has 0 atom stereocenters. The molecule has 1 aromatic carbocycles. The van der Waals surface area contributed by atoms with E-state index in [2.05, 4.69) is 15.3 Å². The van der Waals surface area contributed by atoms with E-state index in [0.717, 1.165) is 24.2 Å². The molecular formula is C14H13F2N3S. The van der Waals surface area contributed by atoms with Crippen LogP contribution in [0.5, 0.6) is 0 Å². The minimum absolute atomic E-state index is 0.520. The van der Waals surface area contributed by atoms with Crippen LogP contribution >= 0.6 is 11.8 Å². The number of hydrogen-bond acceptors (Lipinski definition) is 4. The van der Waals surface area contributed by atoms with E-state index >= 15 is 0 Å². The van der Waals surface area contributed by atoms with E-state index in [1.54, 1.807) is 12.4 Å². The topological polar surface area (TPSA) is 37.8 Å². The fraction of sp³-hybridized carbons (Fsp3) is 0.286. The van der Waals surface area contributed by atoms with Gasteiger partial charge in [-0.05, 0) is 42.8 Å². The van der Waals surface area contributed by atoms with Gasteiger partial charge in [0, 0.05) is 35.4 Å². The molecule has 0 radical (unpaired) electrons. The maximum atomic E-state index is 13.1. The van der Waals surface area contributed by atoms with Crippen LogP contribution in [0.25, 0.3) is 0 Å². The number of aromatic nitrogens is 2. The second kappa shape index (κ2) is 5.85. The largest absolute Gasteiger partial charge is 0.310 e. The highest BCUT2D eigenvalue weighted by molar-refractivity contribution is 7.99. The molecule has 0 aliphatic heterocycles. The molecule has 3 nitrogen and oxygen atoms in total. The molecule has 1 heterocycles. The highest BCUT2D eigenvalue weighted by Gasteiger charge is 2.19. The smallest absolute Gasteiger partial charge is 0.192 e. The summed E-state index contributed by atoms with van der Waals surface area (Å²) in [6, 6.07) is 4.40. The maximum absolute atomic E-state index is 13.1. The molecule has 1 aliphatic rings. The molecule has 0 unspecified atom stereocenters. The van der Waals surface area contributed by atoms with Crippen molar-refractivity contribution in [2.75, 3.05) is 0 Å². The van der Waals surface area contributed by atoms with Gasteiger partial charge in [0.25, 0.3) is 0 Å². The van der Waals surface area contributed by atoms with Crippen LogP contribution in [0.2, 0.25) is 0 Å². The van der Waals surface area contributed by atoms with E-state index in [1.165, 1.54) is 30.7 Å². The summed E-state index contributed by atoms with van der Waals surface area (Å²) in [5.74, 6) is -1.71. The Morgan fingerprint density at radius 3 is 2.55 bits per heavy atom. The normalized spacial score (nSPS) is 14.5. The Balaban J connectivity index is 1.62. The highest BCUT2D eigenvalue weighted by Crippen LogP contribution is 2.25. The van der Waals surface area contributed by atoms with Gasteiger partial charge in [0.05, 0.1) is 0 Å². The van der Waals surface area contributed by atoms with E-state index in [1.807, 2.05) is 0 Å². The van der Waals surface area contributed by atoms with Crippen molar-refractivity contribution in [2.24, 2.45) is 0 Å². The summed E-state index contributed by atoms with van der Waals surface area (Å²) in [7, 11) is 0. The van der Waals surface area contributed by atoms with Gasteiger partial charge in [-0.25, -0.2) is 18.7 Å². The molecule has 20 heavy (non-hydrogen) atoms. The maximum Gasteiger partial charge on any atom is 0.192 e. The Hall–Kier alpha value is -1.53. The number of nitrogens with one attached hydrogen (secondary N) is 1. The van der Waals surface area contributed by atoms with Crippen molar-refractivity contribution in [3.63, 3.8) is 0 Å². The Morgan fingerprint density at radius 1 is 1.15 bits per heavy atom. The van der Waals surface area contributed by atoms with Crippen molar-refractivity contribution in [1.82, 2.24) is 15.3 Å². The van der Waals surface area contributed by atoms with E-state index in [0.29, 0.717) is 16.1 Å². The molecule has 1 N–H and O–H groups in total. The number of halogens is 2. The Morgan fingerprint density at radius 2 is 1.90 bits per heavy atom. The van der Waals surface area contributed by atoms with Gasteiger partial charge in [-0.15, -0.1) is 0 Å². The molecule has 3 rings (SSSR count). The first-order chi connectivity index (χ1) is 9.70. The number of rotatable bonds is 5. The summed E-state index contributed by atoms with van der Waals surface area (Å²) in [6.07, 6.45) is 5.99. The van der Waals surface area contributed by atoms with Crippen LogP contribution in [0.1, 0.15) is 18.4 Å². The molecule has 104 valence electrons. The Kier molecular flexibility index (Phi) is 3.93. The molecule has 2 aromatic rings. The van der Waals surface area contributed by atoms with Crippen LogP contribution in [-0.4, -0.2) is 16.0 Å². The molecule has 6 heteroatoms. The number of hydrogen-bond donors (Lipinski definition) is 1. The molecule has 0 spiro atoms. The van der Waals surface area contributed by atoms with Gasteiger partial charge < -0.3 is 5.32 Å². The van der Waals surface area contributed by atoms with E-state index in [9.17, 15) is 8.78 Å². The van der Waals surface area contributed by atoms with Gasteiger partial charge in [0.1, 0.15) is 0 Å². The van der Waals surface area contributed by atoms with Crippen LogP contribution < -0.4 is 5.32 Å². The monoisotopic (exact) mass is 293 g/mol. The predicted octanol–water partition coefficient (Wildman–Crippen LogP) is 3.16. The first-order valence-corrected chi connectivity index (χ1v) is 7.19. The van der Waals surface area contributed by atoms with Crippen molar-refractivity contribution < 1.29 is 8.78 Å². The van der Waals surface area contributed by atoms with Gasteiger partial charge in [-0.3, -0.25) is 0 Å². The zero-order valence-corrected chi connectivity index (χ0v) is 11.5. The minimum Gasteiger partial charge on any atom is -0.310 e. The summed E-state index contributed by atoms with van der Waals surface area (Å²) in [6.45, 7) is 0.765. The van der Waals surface area contributed by atoms with Gasteiger partial charge >= 0.3 is 0 Å². The van der Waals surface area contributed by atoms with E-state index < -0.39 is 11.6 Å². The third-order valence-corrected chi connectivity index (χ3v) is 3.84. The number of nitrogens with zero attached hydrogens (tertiary/aromatic N) is 2. The van der Waals surface area contributed by atoms with Crippen molar-refractivity contribution in [3.8, 4) is 0 Å². The van der Waals surface area contributed by atoms with Crippen molar-refractivity contribution in [1.29, 1.82) is 0 Å². The lowest BCUT2D eigenvalue weighted by Gasteiger charge is -2.04. The Bertz CT molecular complexity index is 600. The van der Waals surface area contributed by atoms with Gasteiger partial charge in [-0.2, -0.15) is 0 Å². The summed E-state index contributed by atoms with van der Waals surface area (Å²) >= 11 is 1.21.